The van der Waals surface area contributed by atoms with Gasteiger partial charge in [0.25, 0.3) is 0 Å². The van der Waals surface area contributed by atoms with Crippen LogP contribution >= 0.6 is 0 Å². The smallest absolute Gasteiger partial charge is 0.339 e. The number of carbonyl (C=O) groups excluding carboxylic acids is 1. The lowest BCUT2D eigenvalue weighted by atomic mass is 10.2. The Bertz CT molecular complexity index is 897. The Morgan fingerprint density at radius 1 is 1.07 bits per heavy atom. The molecule has 0 aliphatic carbocycles. The lowest BCUT2D eigenvalue weighted by Crippen LogP contribution is -2.83. The van der Waals surface area contributed by atoms with Crippen LogP contribution in [-0.2, 0) is 26.2 Å². The molecule has 8 nitrogen and oxygen atoms in total. The number of nitrogens with one attached hydrogen (secondary N) is 1. The number of rotatable bonds is 10. The van der Waals surface area contributed by atoms with Crippen LogP contribution in [0.5, 0.6) is 11.5 Å². The summed E-state index contributed by atoms with van der Waals surface area (Å²) < 4.78 is 40.8. The Kier molecular flexibility index (Phi) is 7.80. The highest BCUT2D eigenvalue weighted by Crippen LogP contribution is 2.31. The lowest BCUT2D eigenvalue weighted by molar-refractivity contribution is -0.671. The number of hydrogen-bond donors (Lipinski definition) is 2. The van der Waals surface area contributed by atoms with E-state index in [4.69, 9.17) is 13.7 Å². The summed E-state index contributed by atoms with van der Waals surface area (Å²) in [6.45, 7) is 3.44. The molecule has 2 rings (SSSR count). The zero-order chi connectivity index (χ0) is 20.6. The summed E-state index contributed by atoms with van der Waals surface area (Å²) in [6, 6.07) is 10.9. The second-order valence-corrected chi connectivity index (χ2v) is 7.55. The Labute approximate surface area is 164 Å². The first-order chi connectivity index (χ1) is 13.4. The summed E-state index contributed by atoms with van der Waals surface area (Å²) in [5.74, 6) is 0.195. The first kappa shape index (κ1) is 21.7. The highest BCUT2D eigenvalue weighted by atomic mass is 32.2. The van der Waals surface area contributed by atoms with Crippen molar-refractivity contribution in [3.05, 3.63) is 48.0 Å². The fourth-order valence-corrected chi connectivity index (χ4v) is 3.39. The SMILES string of the molecule is COCC[NH2+]Cc1ccc(OC)c(OS(=O)(=O)c2ccc(NC(C)=O)cc2)c1. The van der Waals surface area contributed by atoms with E-state index in [0.717, 1.165) is 12.1 Å². The first-order valence-electron chi connectivity index (χ1n) is 8.65. The number of methoxy groups -OCH3 is 2. The molecule has 0 radical (unpaired) electrons. The van der Waals surface area contributed by atoms with Gasteiger partial charge in [-0.25, -0.2) is 0 Å². The van der Waals surface area contributed by atoms with Crippen molar-refractivity contribution in [1.82, 2.24) is 0 Å². The maximum atomic E-state index is 12.6. The molecule has 3 N–H and O–H groups in total. The van der Waals surface area contributed by atoms with Gasteiger partial charge < -0.3 is 24.3 Å². The third-order valence-electron chi connectivity index (χ3n) is 3.80. The van der Waals surface area contributed by atoms with Crippen LogP contribution in [0.4, 0.5) is 5.69 Å². The highest BCUT2D eigenvalue weighted by Gasteiger charge is 2.20. The molecule has 0 aromatic heterocycles. The molecule has 0 aliphatic heterocycles. The third kappa shape index (κ3) is 6.22. The average Bonchev–Trinajstić information content (AvgIpc) is 2.65. The number of carbonyl (C=O) groups is 1. The van der Waals surface area contributed by atoms with Gasteiger partial charge in [0.2, 0.25) is 5.91 Å². The van der Waals surface area contributed by atoms with E-state index < -0.39 is 10.1 Å². The number of nitrogens with two attached hydrogens (primary N) is 1. The normalized spacial score (nSPS) is 11.1. The summed E-state index contributed by atoms with van der Waals surface area (Å²) in [5, 5.41) is 4.63. The molecule has 28 heavy (non-hydrogen) atoms. The molecule has 9 heteroatoms. The summed E-state index contributed by atoms with van der Waals surface area (Å²) >= 11 is 0. The summed E-state index contributed by atoms with van der Waals surface area (Å²) in [4.78, 5) is 11.0. The van der Waals surface area contributed by atoms with Crippen molar-refractivity contribution in [3.63, 3.8) is 0 Å². The van der Waals surface area contributed by atoms with Gasteiger partial charge in [-0.3, -0.25) is 4.79 Å². The molecule has 0 saturated carbocycles. The minimum absolute atomic E-state index is 0.0271. The third-order valence-corrected chi connectivity index (χ3v) is 5.05. The van der Waals surface area contributed by atoms with Crippen LogP contribution in [0.15, 0.2) is 47.4 Å². The van der Waals surface area contributed by atoms with Crippen LogP contribution in [0.1, 0.15) is 12.5 Å². The van der Waals surface area contributed by atoms with E-state index in [2.05, 4.69) is 5.32 Å². The zero-order valence-electron chi connectivity index (χ0n) is 16.1. The van der Waals surface area contributed by atoms with Crippen LogP contribution in [0.3, 0.4) is 0 Å². The highest BCUT2D eigenvalue weighted by molar-refractivity contribution is 7.87. The van der Waals surface area contributed by atoms with Gasteiger partial charge in [-0.05, 0) is 42.5 Å². The molecule has 0 spiro atoms. The van der Waals surface area contributed by atoms with Crippen LogP contribution in [0.2, 0.25) is 0 Å². The molecule has 2 aromatic carbocycles. The van der Waals surface area contributed by atoms with Crippen molar-refractivity contribution >= 4 is 21.7 Å². The Balaban J connectivity index is 2.18. The molecule has 0 aliphatic rings. The van der Waals surface area contributed by atoms with Gasteiger partial charge in [0.1, 0.15) is 11.4 Å². The molecule has 0 saturated heterocycles. The van der Waals surface area contributed by atoms with Crippen LogP contribution in [-0.4, -0.2) is 41.7 Å². The zero-order valence-corrected chi connectivity index (χ0v) is 16.9. The first-order valence-corrected chi connectivity index (χ1v) is 10.1. The minimum Gasteiger partial charge on any atom is -0.493 e. The van der Waals surface area contributed by atoms with Gasteiger partial charge in [-0.1, -0.05) is 0 Å². The van der Waals surface area contributed by atoms with Crippen molar-refractivity contribution < 1.29 is 32.2 Å². The van der Waals surface area contributed by atoms with Gasteiger partial charge in [0.15, 0.2) is 11.5 Å². The Morgan fingerprint density at radius 2 is 1.79 bits per heavy atom. The molecule has 0 bridgehead atoms. The molecule has 2 aromatic rings. The number of anilines is 1. The maximum absolute atomic E-state index is 12.6. The molecule has 152 valence electrons. The van der Waals surface area contributed by atoms with Crippen molar-refractivity contribution in [2.45, 2.75) is 18.4 Å². The fourth-order valence-electron chi connectivity index (χ4n) is 2.46. The van der Waals surface area contributed by atoms with E-state index >= 15 is 0 Å². The predicted octanol–water partition coefficient (Wildman–Crippen LogP) is 1.13. The van der Waals surface area contributed by atoms with Crippen LogP contribution < -0.4 is 19.6 Å². The number of ether oxygens (including phenoxy) is 2. The molecule has 0 unspecified atom stereocenters. The molecular weight excluding hydrogens is 384 g/mol. The Hall–Kier alpha value is -2.62. The quantitative estimate of drug-likeness (QED) is 0.450. The largest absolute Gasteiger partial charge is 0.493 e. The monoisotopic (exact) mass is 409 g/mol. The number of benzene rings is 2. The molecular formula is C19H25N2O6S+. The van der Waals surface area contributed by atoms with E-state index in [-0.39, 0.29) is 16.6 Å². The van der Waals surface area contributed by atoms with E-state index in [1.165, 1.54) is 38.3 Å². The van der Waals surface area contributed by atoms with Gasteiger partial charge in [0.05, 0.1) is 20.3 Å². The van der Waals surface area contributed by atoms with Gasteiger partial charge >= 0.3 is 10.1 Å². The number of quaternary nitrogens is 1. The standard InChI is InChI=1S/C19H24N2O6S/c1-14(22)21-16-5-7-17(8-6-16)28(23,24)27-19-12-15(4-9-18(19)26-3)13-20-10-11-25-2/h4-9,12,20H,10-11,13H2,1-3H3,(H,21,22)/p+1. The molecule has 0 atom stereocenters. The second kappa shape index (κ2) is 10.1. The van der Waals surface area contributed by atoms with Crippen LogP contribution in [0, 0.1) is 0 Å². The van der Waals surface area contributed by atoms with Crippen molar-refractivity contribution in [1.29, 1.82) is 0 Å². The summed E-state index contributed by atoms with van der Waals surface area (Å²) in [5.41, 5.74) is 1.39. The van der Waals surface area contributed by atoms with Crippen molar-refractivity contribution in [3.8, 4) is 11.5 Å². The number of hydrogen-bond acceptors (Lipinski definition) is 6. The van der Waals surface area contributed by atoms with E-state index in [0.29, 0.717) is 24.6 Å². The van der Waals surface area contributed by atoms with E-state index in [1.807, 2.05) is 11.4 Å². The summed E-state index contributed by atoms with van der Waals surface area (Å²) in [6.07, 6.45) is 0. The predicted molar refractivity (Wildman–Crippen MR) is 104 cm³/mol. The average molecular weight is 409 g/mol. The van der Waals surface area contributed by atoms with Gasteiger partial charge in [-0.15, -0.1) is 0 Å². The minimum atomic E-state index is -4.06. The lowest BCUT2D eigenvalue weighted by Gasteiger charge is -2.12. The van der Waals surface area contributed by atoms with Crippen molar-refractivity contribution in [2.24, 2.45) is 0 Å². The molecule has 0 fully saturated rings. The maximum Gasteiger partial charge on any atom is 0.339 e. The Morgan fingerprint density at radius 3 is 2.39 bits per heavy atom. The van der Waals surface area contributed by atoms with E-state index in [9.17, 15) is 13.2 Å². The van der Waals surface area contributed by atoms with Crippen molar-refractivity contribution in [2.75, 3.05) is 32.7 Å². The van der Waals surface area contributed by atoms with Gasteiger partial charge in [-0.2, -0.15) is 8.42 Å². The van der Waals surface area contributed by atoms with Crippen LogP contribution in [0.25, 0.3) is 0 Å². The summed E-state index contributed by atoms with van der Waals surface area (Å²) in [7, 11) is -0.974. The van der Waals surface area contributed by atoms with Gasteiger partial charge in [0, 0.05) is 25.3 Å². The second-order valence-electron chi connectivity index (χ2n) is 6.00. The molecule has 0 heterocycles. The topological polar surface area (TPSA) is 108 Å². The van der Waals surface area contributed by atoms with E-state index in [1.54, 1.807) is 19.2 Å². The fraction of sp³-hybridized carbons (Fsp3) is 0.316. The molecule has 1 amide bonds. The number of amides is 1.